The van der Waals surface area contributed by atoms with Crippen molar-refractivity contribution in [3.05, 3.63) is 36.0 Å². The first kappa shape index (κ1) is 12.0. The Kier molecular flexibility index (Phi) is 3.18. The molecule has 0 aliphatic rings. The van der Waals surface area contributed by atoms with Crippen LogP contribution in [0.3, 0.4) is 0 Å². The largest absolute Gasteiger partial charge is 0.383 e. The minimum Gasteiger partial charge on any atom is -0.383 e. The van der Waals surface area contributed by atoms with Crippen molar-refractivity contribution >= 4 is 23.1 Å². The number of aromatic nitrogens is 2. The average Bonchev–Trinajstić information content (AvgIpc) is 2.76. The van der Waals surface area contributed by atoms with Gasteiger partial charge in [0.2, 0.25) is 0 Å². The van der Waals surface area contributed by atoms with Gasteiger partial charge in [-0.1, -0.05) is 6.07 Å². The second kappa shape index (κ2) is 4.79. The highest BCUT2D eigenvalue weighted by Crippen LogP contribution is 2.18. The Balaban J connectivity index is 2.17. The fraction of sp³-hybridized carbons (Fsp3) is 0.167. The first-order valence-electron chi connectivity index (χ1n) is 5.45. The molecule has 2 aromatic rings. The van der Waals surface area contributed by atoms with Gasteiger partial charge in [0, 0.05) is 25.5 Å². The topological polar surface area (TPSA) is 87.0 Å². The maximum atomic E-state index is 11.9. The Morgan fingerprint density at radius 2 is 2.22 bits per heavy atom. The zero-order valence-electron chi connectivity index (χ0n) is 10.3. The summed E-state index contributed by atoms with van der Waals surface area (Å²) in [5, 5.41) is 9.01. The molecule has 0 aliphatic carbocycles. The summed E-state index contributed by atoms with van der Waals surface area (Å²) in [6.07, 6.45) is 1.40. The van der Waals surface area contributed by atoms with Crippen molar-refractivity contribution in [2.45, 2.75) is 0 Å². The number of nitrogens with two attached hydrogens (primary N) is 1. The average molecular weight is 245 g/mol. The predicted octanol–water partition coefficient (Wildman–Crippen LogP) is 1.31. The number of hydrogen-bond acceptors (Lipinski definition) is 4. The van der Waals surface area contributed by atoms with Crippen molar-refractivity contribution in [3.8, 4) is 0 Å². The molecule has 0 saturated carbocycles. The smallest absolute Gasteiger partial charge is 0.261 e. The minimum absolute atomic E-state index is 0.260. The number of nitrogens with zero attached hydrogens (tertiary/aromatic N) is 2. The number of nitrogen functional groups attached to an aromatic ring is 1. The summed E-state index contributed by atoms with van der Waals surface area (Å²) >= 11 is 0. The molecule has 18 heavy (non-hydrogen) atoms. The maximum Gasteiger partial charge on any atom is 0.261 e. The standard InChI is InChI=1S/C12H15N5O/c1-17(2)9-5-3-4-8(6-9)15-12(18)10-7-14-16-11(10)13/h3-7H,1-2H3,(H,15,18)(H3,13,14,16). The number of amides is 1. The van der Waals surface area contributed by atoms with Crippen LogP contribution in [-0.2, 0) is 0 Å². The van der Waals surface area contributed by atoms with E-state index in [2.05, 4.69) is 15.5 Å². The van der Waals surface area contributed by atoms with Crippen LogP contribution in [0, 0.1) is 0 Å². The summed E-state index contributed by atoms with van der Waals surface area (Å²) in [6.45, 7) is 0. The first-order chi connectivity index (χ1) is 8.58. The predicted molar refractivity (Wildman–Crippen MR) is 71.7 cm³/mol. The lowest BCUT2D eigenvalue weighted by atomic mass is 10.2. The van der Waals surface area contributed by atoms with Gasteiger partial charge < -0.3 is 16.0 Å². The normalized spacial score (nSPS) is 10.1. The van der Waals surface area contributed by atoms with Gasteiger partial charge in [-0.2, -0.15) is 5.10 Å². The molecule has 6 heteroatoms. The van der Waals surface area contributed by atoms with Gasteiger partial charge in [0.05, 0.1) is 6.20 Å². The number of H-pyrrole nitrogens is 1. The number of carbonyl (C=O) groups excluding carboxylic acids is 1. The maximum absolute atomic E-state index is 11.9. The van der Waals surface area contributed by atoms with E-state index in [1.165, 1.54) is 6.20 Å². The van der Waals surface area contributed by atoms with Crippen LogP contribution in [0.2, 0.25) is 0 Å². The molecule has 0 radical (unpaired) electrons. The molecular weight excluding hydrogens is 230 g/mol. The van der Waals surface area contributed by atoms with Crippen LogP contribution in [0.5, 0.6) is 0 Å². The van der Waals surface area contributed by atoms with Gasteiger partial charge in [-0.25, -0.2) is 0 Å². The van der Waals surface area contributed by atoms with Crippen LogP contribution >= 0.6 is 0 Å². The van der Waals surface area contributed by atoms with E-state index >= 15 is 0 Å². The second-order valence-electron chi connectivity index (χ2n) is 4.10. The van der Waals surface area contributed by atoms with Crippen LogP contribution in [-0.4, -0.2) is 30.2 Å². The minimum atomic E-state index is -0.280. The van der Waals surface area contributed by atoms with Gasteiger partial charge in [-0.05, 0) is 18.2 Å². The quantitative estimate of drug-likeness (QED) is 0.761. The number of anilines is 3. The van der Waals surface area contributed by atoms with Crippen LogP contribution in [0.25, 0.3) is 0 Å². The molecule has 4 N–H and O–H groups in total. The molecule has 0 bridgehead atoms. The fourth-order valence-electron chi connectivity index (χ4n) is 1.54. The van der Waals surface area contributed by atoms with Crippen molar-refractivity contribution < 1.29 is 4.79 Å². The molecule has 0 saturated heterocycles. The summed E-state index contributed by atoms with van der Waals surface area (Å²) < 4.78 is 0. The molecule has 6 nitrogen and oxygen atoms in total. The number of hydrogen-bond donors (Lipinski definition) is 3. The van der Waals surface area contributed by atoms with Gasteiger partial charge in [0.1, 0.15) is 11.4 Å². The lowest BCUT2D eigenvalue weighted by Crippen LogP contribution is -2.14. The number of aromatic amines is 1. The summed E-state index contributed by atoms with van der Waals surface area (Å²) in [4.78, 5) is 13.9. The Morgan fingerprint density at radius 3 is 2.83 bits per heavy atom. The van der Waals surface area contributed by atoms with Crippen molar-refractivity contribution in [2.24, 2.45) is 0 Å². The van der Waals surface area contributed by atoms with Crippen LogP contribution < -0.4 is 16.0 Å². The van der Waals surface area contributed by atoms with Gasteiger partial charge in [0.25, 0.3) is 5.91 Å². The van der Waals surface area contributed by atoms with E-state index in [0.29, 0.717) is 11.3 Å². The zero-order chi connectivity index (χ0) is 13.1. The summed E-state index contributed by atoms with van der Waals surface area (Å²) in [5.41, 5.74) is 7.65. The molecule has 0 atom stereocenters. The highest BCUT2D eigenvalue weighted by molar-refractivity contribution is 6.07. The Bertz CT molecular complexity index is 561. The molecule has 0 fully saturated rings. The zero-order valence-corrected chi connectivity index (χ0v) is 10.3. The lowest BCUT2D eigenvalue weighted by molar-refractivity contribution is 0.102. The van der Waals surface area contributed by atoms with E-state index in [-0.39, 0.29) is 11.7 Å². The Morgan fingerprint density at radius 1 is 1.44 bits per heavy atom. The Labute approximate surface area is 105 Å². The monoisotopic (exact) mass is 245 g/mol. The summed E-state index contributed by atoms with van der Waals surface area (Å²) in [7, 11) is 3.88. The molecule has 0 aliphatic heterocycles. The third kappa shape index (κ3) is 2.42. The van der Waals surface area contributed by atoms with Gasteiger partial charge in [-0.15, -0.1) is 0 Å². The van der Waals surface area contributed by atoms with E-state index in [9.17, 15) is 4.79 Å². The summed E-state index contributed by atoms with van der Waals surface area (Å²) in [5.74, 6) is -0.0200. The fourth-order valence-corrected chi connectivity index (χ4v) is 1.54. The number of rotatable bonds is 3. The highest BCUT2D eigenvalue weighted by Gasteiger charge is 2.11. The number of benzene rings is 1. The van der Waals surface area contributed by atoms with Gasteiger partial charge in [0.15, 0.2) is 0 Å². The molecule has 2 rings (SSSR count). The van der Waals surface area contributed by atoms with Crippen molar-refractivity contribution in [3.63, 3.8) is 0 Å². The van der Waals surface area contributed by atoms with Crippen LogP contribution in [0.15, 0.2) is 30.5 Å². The Hall–Kier alpha value is -2.50. The van der Waals surface area contributed by atoms with E-state index in [1.54, 1.807) is 0 Å². The van der Waals surface area contributed by atoms with Crippen molar-refractivity contribution in [1.29, 1.82) is 0 Å². The van der Waals surface area contributed by atoms with E-state index in [4.69, 9.17) is 5.73 Å². The second-order valence-corrected chi connectivity index (χ2v) is 4.10. The van der Waals surface area contributed by atoms with Crippen LogP contribution in [0.4, 0.5) is 17.2 Å². The molecule has 94 valence electrons. The third-order valence-electron chi connectivity index (χ3n) is 2.53. The SMILES string of the molecule is CN(C)c1cccc(NC(=O)c2cn[nH]c2N)c1. The van der Waals surface area contributed by atoms with E-state index < -0.39 is 0 Å². The molecule has 1 heterocycles. The third-order valence-corrected chi connectivity index (χ3v) is 2.53. The highest BCUT2D eigenvalue weighted by atomic mass is 16.1. The summed E-state index contributed by atoms with van der Waals surface area (Å²) in [6, 6.07) is 7.54. The van der Waals surface area contributed by atoms with Gasteiger partial charge in [-0.3, -0.25) is 9.89 Å². The first-order valence-corrected chi connectivity index (χ1v) is 5.45. The number of carbonyl (C=O) groups is 1. The molecule has 0 spiro atoms. The van der Waals surface area contributed by atoms with E-state index in [0.717, 1.165) is 5.69 Å². The molecule has 1 amide bonds. The van der Waals surface area contributed by atoms with Crippen LogP contribution in [0.1, 0.15) is 10.4 Å². The number of nitrogens with one attached hydrogen (secondary N) is 2. The van der Waals surface area contributed by atoms with Gasteiger partial charge >= 0.3 is 0 Å². The molecule has 1 aromatic carbocycles. The molecule has 1 aromatic heterocycles. The molecule has 0 unspecified atom stereocenters. The lowest BCUT2D eigenvalue weighted by Gasteiger charge is -2.13. The van der Waals surface area contributed by atoms with Crippen molar-refractivity contribution in [2.75, 3.05) is 30.0 Å². The van der Waals surface area contributed by atoms with Crippen molar-refractivity contribution in [1.82, 2.24) is 10.2 Å². The molecular formula is C12H15N5O. The van der Waals surface area contributed by atoms with E-state index in [1.807, 2.05) is 43.3 Å².